The van der Waals surface area contributed by atoms with Crippen LogP contribution in [-0.4, -0.2) is 29.0 Å². The van der Waals surface area contributed by atoms with Gasteiger partial charge in [-0.15, -0.1) is 0 Å². The number of pyridine rings is 1. The van der Waals surface area contributed by atoms with Gasteiger partial charge in [0.2, 0.25) is 5.91 Å². The number of nitrogens with two attached hydrogens (primary N) is 1. The molecule has 1 rings (SSSR count). The number of anilines is 1. The van der Waals surface area contributed by atoms with E-state index in [0.29, 0.717) is 0 Å². The second-order valence-corrected chi connectivity index (χ2v) is 4.37. The topological polar surface area (TPSA) is 80.0 Å². The van der Waals surface area contributed by atoms with Gasteiger partial charge in [0, 0.05) is 7.05 Å². The van der Waals surface area contributed by atoms with Gasteiger partial charge in [0.05, 0.1) is 5.56 Å². The van der Waals surface area contributed by atoms with E-state index in [1.807, 2.05) is 0 Å². The number of rotatable bonds is 4. The maximum atomic E-state index is 12.6. The van der Waals surface area contributed by atoms with Crippen molar-refractivity contribution in [3.05, 3.63) is 23.4 Å². The molecule has 4 N–H and O–H groups in total. The fraction of sp³-hybridized carbons (Fsp3) is 0.364. The minimum Gasteiger partial charge on any atom is -0.389 e. The lowest BCUT2D eigenvalue weighted by Crippen LogP contribution is -2.36. The van der Waals surface area contributed by atoms with Gasteiger partial charge in [-0.05, 0) is 19.1 Å². The third kappa shape index (κ3) is 3.80. The Bertz CT molecular complexity index is 533. The summed E-state index contributed by atoms with van der Waals surface area (Å²) in [6.45, 7) is 1.48. The average molecular weight is 306 g/mol. The zero-order valence-corrected chi connectivity index (χ0v) is 11.5. The minimum atomic E-state index is -4.60. The Labute approximate surface area is 118 Å². The highest BCUT2D eigenvalue weighted by Crippen LogP contribution is 2.29. The van der Waals surface area contributed by atoms with E-state index < -0.39 is 23.8 Å². The second kappa shape index (κ2) is 6.04. The van der Waals surface area contributed by atoms with Crippen LogP contribution in [-0.2, 0) is 11.0 Å². The van der Waals surface area contributed by atoms with Crippen LogP contribution in [0.25, 0.3) is 0 Å². The van der Waals surface area contributed by atoms with Crippen molar-refractivity contribution in [1.82, 2.24) is 10.3 Å². The van der Waals surface area contributed by atoms with Gasteiger partial charge in [0.25, 0.3) is 0 Å². The Hall–Kier alpha value is -1.90. The van der Waals surface area contributed by atoms with Crippen LogP contribution in [0.1, 0.15) is 18.2 Å². The smallest absolute Gasteiger partial charge is 0.389 e. The molecule has 5 nitrogen and oxygen atoms in total. The highest BCUT2D eigenvalue weighted by Gasteiger charge is 2.33. The third-order valence-corrected chi connectivity index (χ3v) is 2.66. The van der Waals surface area contributed by atoms with Crippen LogP contribution >= 0.6 is 12.2 Å². The molecule has 1 atom stereocenters. The summed E-state index contributed by atoms with van der Waals surface area (Å²) in [7, 11) is 1.41. The summed E-state index contributed by atoms with van der Waals surface area (Å²) in [6.07, 6.45) is -4.60. The number of nitrogens with one attached hydrogen (secondary N) is 2. The molecule has 0 aliphatic rings. The van der Waals surface area contributed by atoms with Crippen molar-refractivity contribution in [3.8, 4) is 0 Å². The van der Waals surface area contributed by atoms with Crippen molar-refractivity contribution < 1.29 is 18.0 Å². The van der Waals surface area contributed by atoms with Gasteiger partial charge in [-0.25, -0.2) is 4.98 Å². The molecule has 0 fully saturated rings. The number of aromatic nitrogens is 1. The molecular formula is C11H13F3N4OS. The molecule has 9 heteroatoms. The first kappa shape index (κ1) is 16.2. The molecule has 0 aliphatic heterocycles. The van der Waals surface area contributed by atoms with E-state index >= 15 is 0 Å². The molecule has 1 heterocycles. The number of carbonyl (C=O) groups excluding carboxylic acids is 1. The summed E-state index contributed by atoms with van der Waals surface area (Å²) < 4.78 is 37.9. The summed E-state index contributed by atoms with van der Waals surface area (Å²) in [4.78, 5) is 14.7. The monoisotopic (exact) mass is 306 g/mol. The van der Waals surface area contributed by atoms with Gasteiger partial charge in [-0.1, -0.05) is 12.2 Å². The number of halogens is 3. The summed E-state index contributed by atoms with van der Waals surface area (Å²) in [5.74, 6) is -0.582. The number of carbonyl (C=O) groups is 1. The van der Waals surface area contributed by atoms with Gasteiger partial charge in [0.15, 0.2) is 0 Å². The van der Waals surface area contributed by atoms with E-state index in [9.17, 15) is 18.0 Å². The molecule has 110 valence electrons. The Morgan fingerprint density at radius 2 is 2.05 bits per heavy atom. The molecule has 0 bridgehead atoms. The summed E-state index contributed by atoms with van der Waals surface area (Å²) in [5, 5.41) is 4.93. The molecule has 0 radical (unpaired) electrons. The molecular weight excluding hydrogens is 293 g/mol. The number of nitrogens with zero attached hydrogens (tertiary/aromatic N) is 1. The highest BCUT2D eigenvalue weighted by molar-refractivity contribution is 7.80. The van der Waals surface area contributed by atoms with E-state index in [1.165, 1.54) is 14.0 Å². The third-order valence-electron chi connectivity index (χ3n) is 2.44. The molecule has 20 heavy (non-hydrogen) atoms. The van der Waals surface area contributed by atoms with Crippen molar-refractivity contribution in [2.45, 2.75) is 19.1 Å². The number of alkyl halides is 3. The first-order chi connectivity index (χ1) is 9.16. The lowest BCUT2D eigenvalue weighted by molar-refractivity contribution is -0.141. The fourth-order valence-electron chi connectivity index (χ4n) is 1.41. The van der Waals surface area contributed by atoms with E-state index in [2.05, 4.69) is 15.6 Å². The lowest BCUT2D eigenvalue weighted by atomic mass is 10.2. The van der Waals surface area contributed by atoms with Crippen molar-refractivity contribution in [3.63, 3.8) is 0 Å². The van der Waals surface area contributed by atoms with Gasteiger partial charge in [0.1, 0.15) is 22.5 Å². The number of hydrogen-bond donors (Lipinski definition) is 3. The molecule has 1 amide bonds. The van der Waals surface area contributed by atoms with E-state index in [-0.39, 0.29) is 16.4 Å². The minimum absolute atomic E-state index is 0.113. The highest BCUT2D eigenvalue weighted by atomic mass is 32.1. The summed E-state index contributed by atoms with van der Waals surface area (Å²) in [6, 6.07) is 1.12. The second-order valence-electron chi connectivity index (χ2n) is 3.93. The largest absolute Gasteiger partial charge is 0.433 e. The molecule has 1 unspecified atom stereocenters. The SMILES string of the molecule is CNC(=O)C(C)Nc1nc(C(F)(F)F)ccc1C(N)=S. The average Bonchev–Trinajstić information content (AvgIpc) is 2.36. The van der Waals surface area contributed by atoms with Crippen molar-refractivity contribution in [2.24, 2.45) is 5.73 Å². The first-order valence-corrected chi connectivity index (χ1v) is 5.93. The summed E-state index contributed by atoms with van der Waals surface area (Å²) in [5.41, 5.74) is 4.48. The Balaban J connectivity index is 3.19. The Kier molecular flexibility index (Phi) is 4.88. The molecule has 0 aromatic carbocycles. The molecule has 1 aromatic heterocycles. The van der Waals surface area contributed by atoms with E-state index in [4.69, 9.17) is 18.0 Å². The van der Waals surface area contributed by atoms with Crippen molar-refractivity contribution >= 4 is 28.9 Å². The van der Waals surface area contributed by atoms with Crippen LogP contribution in [0.3, 0.4) is 0 Å². The van der Waals surface area contributed by atoms with Crippen molar-refractivity contribution in [1.29, 1.82) is 0 Å². The fourth-order valence-corrected chi connectivity index (χ4v) is 1.58. The molecule has 0 saturated carbocycles. The number of likely N-dealkylation sites (N-methyl/N-ethyl adjacent to an activating group) is 1. The van der Waals surface area contributed by atoms with Gasteiger partial charge in [-0.2, -0.15) is 13.2 Å². The predicted molar refractivity (Wildman–Crippen MR) is 72.3 cm³/mol. The molecule has 0 saturated heterocycles. The zero-order valence-electron chi connectivity index (χ0n) is 10.7. The summed E-state index contributed by atoms with van der Waals surface area (Å²) >= 11 is 4.75. The number of amides is 1. The van der Waals surface area contributed by atoms with Crippen LogP contribution in [0.5, 0.6) is 0 Å². The Morgan fingerprint density at radius 1 is 1.45 bits per heavy atom. The van der Waals surface area contributed by atoms with Gasteiger partial charge < -0.3 is 16.4 Å². The first-order valence-electron chi connectivity index (χ1n) is 5.53. The predicted octanol–water partition coefficient (Wildman–Crippen LogP) is 1.28. The normalized spacial score (nSPS) is 12.7. The maximum Gasteiger partial charge on any atom is 0.433 e. The van der Waals surface area contributed by atoms with Crippen LogP contribution < -0.4 is 16.4 Å². The molecule has 0 aliphatic carbocycles. The van der Waals surface area contributed by atoms with E-state index in [0.717, 1.165) is 12.1 Å². The van der Waals surface area contributed by atoms with Gasteiger partial charge >= 0.3 is 6.18 Å². The zero-order chi connectivity index (χ0) is 15.5. The lowest BCUT2D eigenvalue weighted by Gasteiger charge is -2.17. The van der Waals surface area contributed by atoms with Crippen molar-refractivity contribution in [2.75, 3.05) is 12.4 Å². The number of thiocarbonyl (C=S) groups is 1. The van der Waals surface area contributed by atoms with Gasteiger partial charge in [-0.3, -0.25) is 4.79 Å². The molecule has 1 aromatic rings. The molecule has 0 spiro atoms. The van der Waals surface area contributed by atoms with Crippen LogP contribution in [0.2, 0.25) is 0 Å². The quantitative estimate of drug-likeness (QED) is 0.730. The van der Waals surface area contributed by atoms with Crippen LogP contribution in [0, 0.1) is 0 Å². The number of hydrogen-bond acceptors (Lipinski definition) is 4. The maximum absolute atomic E-state index is 12.6. The van der Waals surface area contributed by atoms with Crippen LogP contribution in [0.4, 0.5) is 19.0 Å². The van der Waals surface area contributed by atoms with E-state index in [1.54, 1.807) is 0 Å². The Morgan fingerprint density at radius 3 is 2.50 bits per heavy atom. The van der Waals surface area contributed by atoms with Crippen LogP contribution in [0.15, 0.2) is 12.1 Å². The standard InChI is InChI=1S/C11H13F3N4OS/c1-5(10(19)16-2)17-9-6(8(15)20)3-4-7(18-9)11(12,13)14/h3-5H,1-2H3,(H2,15,20)(H,16,19)(H,17,18).